The Labute approximate surface area is 170 Å². The van der Waals surface area contributed by atoms with Gasteiger partial charge in [-0.3, -0.25) is 14.5 Å². The van der Waals surface area contributed by atoms with E-state index in [1.807, 2.05) is 67.6 Å². The number of hydrogen-bond donors (Lipinski definition) is 2. The Hall–Kier alpha value is -3.12. The van der Waals surface area contributed by atoms with Gasteiger partial charge in [0, 0.05) is 27.1 Å². The molecule has 1 spiro atoms. The van der Waals surface area contributed by atoms with Crippen LogP contribution < -0.4 is 15.5 Å². The van der Waals surface area contributed by atoms with Crippen LogP contribution in [0.5, 0.6) is 0 Å². The largest absolute Gasteiger partial charge is 0.350 e. The van der Waals surface area contributed by atoms with Gasteiger partial charge in [0.2, 0.25) is 5.66 Å². The van der Waals surface area contributed by atoms with Gasteiger partial charge in [-0.15, -0.1) is 0 Å². The molecule has 2 heterocycles. The molecule has 0 aliphatic carbocycles. The number of aryl methyl sites for hydroxylation is 1. The summed E-state index contributed by atoms with van der Waals surface area (Å²) in [6.07, 6.45) is 0. The highest BCUT2D eigenvalue weighted by molar-refractivity contribution is 9.10. The van der Waals surface area contributed by atoms with Crippen molar-refractivity contribution in [1.82, 2.24) is 0 Å². The quantitative estimate of drug-likeness (QED) is 0.587. The average Bonchev–Trinajstić information content (AvgIpc) is 2.95. The standard InChI is InChI=1S/C22H16BrN3O2/c1-13-6-11-19-17(12-13)22(21(28)24-19)25-18-5-3-2-4-16(18)20(27)26(22)15-9-7-14(23)8-10-15/h2-12,25H,1H3,(H,24,28). The van der Waals surface area contributed by atoms with Crippen molar-refractivity contribution in [2.75, 3.05) is 15.5 Å². The van der Waals surface area contributed by atoms with E-state index in [0.717, 1.165) is 15.6 Å². The normalized spacial score (nSPS) is 19.9. The summed E-state index contributed by atoms with van der Waals surface area (Å²) in [7, 11) is 0. The number of rotatable bonds is 1. The molecule has 2 aliphatic heterocycles. The fraction of sp³-hybridized carbons (Fsp3) is 0.0909. The van der Waals surface area contributed by atoms with Gasteiger partial charge in [-0.2, -0.15) is 0 Å². The van der Waals surface area contributed by atoms with Gasteiger partial charge in [-0.05, 0) is 55.5 Å². The molecule has 0 bridgehead atoms. The summed E-state index contributed by atoms with van der Waals surface area (Å²) in [5.41, 5.74) is 2.93. The van der Waals surface area contributed by atoms with Crippen LogP contribution in [0, 0.1) is 6.92 Å². The third-order valence-corrected chi connectivity index (χ3v) is 5.77. The predicted octanol–water partition coefficient (Wildman–Crippen LogP) is 4.63. The van der Waals surface area contributed by atoms with Crippen molar-refractivity contribution < 1.29 is 9.59 Å². The van der Waals surface area contributed by atoms with Crippen LogP contribution in [-0.2, 0) is 10.5 Å². The lowest BCUT2D eigenvalue weighted by atomic mass is 9.91. The van der Waals surface area contributed by atoms with Crippen LogP contribution >= 0.6 is 15.9 Å². The first-order chi connectivity index (χ1) is 13.5. The Bertz CT molecular complexity index is 1140. The van der Waals surface area contributed by atoms with E-state index in [-0.39, 0.29) is 11.8 Å². The predicted molar refractivity (Wildman–Crippen MR) is 113 cm³/mol. The number of carbonyl (C=O) groups excluding carboxylic acids is 2. The van der Waals surface area contributed by atoms with Crippen molar-refractivity contribution in [3.63, 3.8) is 0 Å². The van der Waals surface area contributed by atoms with Crippen molar-refractivity contribution in [2.45, 2.75) is 12.6 Å². The van der Waals surface area contributed by atoms with Gasteiger partial charge >= 0.3 is 0 Å². The molecule has 0 radical (unpaired) electrons. The zero-order chi connectivity index (χ0) is 19.5. The summed E-state index contributed by atoms with van der Waals surface area (Å²) in [6.45, 7) is 1.97. The third-order valence-electron chi connectivity index (χ3n) is 5.24. The summed E-state index contributed by atoms with van der Waals surface area (Å²) >= 11 is 3.43. The molecule has 0 saturated heterocycles. The lowest BCUT2D eigenvalue weighted by Crippen LogP contribution is -2.61. The monoisotopic (exact) mass is 433 g/mol. The highest BCUT2D eigenvalue weighted by Gasteiger charge is 2.57. The number of nitrogens with one attached hydrogen (secondary N) is 2. The van der Waals surface area contributed by atoms with Crippen LogP contribution in [-0.4, -0.2) is 11.8 Å². The third kappa shape index (κ3) is 2.24. The second kappa shape index (κ2) is 5.94. The summed E-state index contributed by atoms with van der Waals surface area (Å²) in [5.74, 6) is -0.500. The number of amides is 2. The molecule has 3 aromatic rings. The molecular weight excluding hydrogens is 418 g/mol. The van der Waals surface area contributed by atoms with Crippen LogP contribution in [0.2, 0.25) is 0 Å². The number of halogens is 1. The van der Waals surface area contributed by atoms with E-state index in [1.54, 1.807) is 11.0 Å². The van der Waals surface area contributed by atoms with Crippen LogP contribution in [0.3, 0.4) is 0 Å². The van der Waals surface area contributed by atoms with E-state index >= 15 is 0 Å². The molecule has 2 N–H and O–H groups in total. The number of para-hydroxylation sites is 1. The number of nitrogens with zero attached hydrogens (tertiary/aromatic N) is 1. The van der Waals surface area contributed by atoms with Crippen LogP contribution in [0.4, 0.5) is 17.1 Å². The van der Waals surface area contributed by atoms with Gasteiger partial charge in [-0.1, -0.05) is 39.7 Å². The van der Waals surface area contributed by atoms with Crippen molar-refractivity contribution in [3.8, 4) is 0 Å². The van der Waals surface area contributed by atoms with E-state index in [4.69, 9.17) is 0 Å². The fourth-order valence-corrected chi connectivity index (χ4v) is 4.22. The number of carbonyl (C=O) groups is 2. The van der Waals surface area contributed by atoms with Crippen molar-refractivity contribution in [2.24, 2.45) is 0 Å². The molecule has 0 fully saturated rings. The Morgan fingerprint density at radius 3 is 2.46 bits per heavy atom. The molecule has 5 nitrogen and oxygen atoms in total. The highest BCUT2D eigenvalue weighted by atomic mass is 79.9. The van der Waals surface area contributed by atoms with E-state index in [0.29, 0.717) is 22.6 Å². The zero-order valence-corrected chi connectivity index (χ0v) is 16.6. The summed E-state index contributed by atoms with van der Waals surface area (Å²) in [6, 6.07) is 20.4. The lowest BCUT2D eigenvalue weighted by Gasteiger charge is -2.44. The molecule has 1 atom stereocenters. The summed E-state index contributed by atoms with van der Waals surface area (Å²) in [4.78, 5) is 28.5. The number of hydrogen-bond acceptors (Lipinski definition) is 3. The maximum atomic E-state index is 13.6. The highest BCUT2D eigenvalue weighted by Crippen LogP contribution is 2.47. The summed E-state index contributed by atoms with van der Waals surface area (Å²) in [5, 5.41) is 6.32. The summed E-state index contributed by atoms with van der Waals surface area (Å²) < 4.78 is 0.898. The van der Waals surface area contributed by atoms with Gasteiger partial charge in [0.25, 0.3) is 11.8 Å². The molecule has 2 aliphatic rings. The molecule has 3 aromatic carbocycles. The SMILES string of the molecule is Cc1ccc2c(c1)C1(Nc3ccccc3C(=O)N1c1ccc(Br)cc1)C(=O)N2. The van der Waals surface area contributed by atoms with Crippen molar-refractivity contribution >= 4 is 44.8 Å². The first-order valence-electron chi connectivity index (χ1n) is 8.90. The molecule has 5 rings (SSSR count). The molecule has 6 heteroatoms. The van der Waals surface area contributed by atoms with Crippen molar-refractivity contribution in [1.29, 1.82) is 0 Å². The zero-order valence-electron chi connectivity index (χ0n) is 15.0. The van der Waals surface area contributed by atoms with Gasteiger partial charge in [0.05, 0.1) is 5.56 Å². The van der Waals surface area contributed by atoms with Gasteiger partial charge in [-0.25, -0.2) is 0 Å². The minimum atomic E-state index is -1.35. The Kier molecular flexibility index (Phi) is 3.61. The Morgan fingerprint density at radius 1 is 0.929 bits per heavy atom. The molecular formula is C22H16BrN3O2. The molecule has 1 unspecified atom stereocenters. The van der Waals surface area contributed by atoms with Gasteiger partial charge < -0.3 is 10.6 Å². The molecule has 138 valence electrons. The van der Waals surface area contributed by atoms with E-state index in [1.165, 1.54) is 0 Å². The minimum Gasteiger partial charge on any atom is -0.350 e. The number of anilines is 3. The van der Waals surface area contributed by atoms with E-state index in [9.17, 15) is 9.59 Å². The fourth-order valence-electron chi connectivity index (χ4n) is 3.95. The van der Waals surface area contributed by atoms with Gasteiger partial charge in [0.15, 0.2) is 0 Å². The van der Waals surface area contributed by atoms with Crippen LogP contribution in [0.25, 0.3) is 0 Å². The Balaban J connectivity index is 1.82. The second-order valence-corrected chi connectivity index (χ2v) is 7.92. The topological polar surface area (TPSA) is 61.4 Å². The molecule has 28 heavy (non-hydrogen) atoms. The number of fused-ring (bicyclic) bond motifs is 3. The first kappa shape index (κ1) is 17.0. The van der Waals surface area contributed by atoms with Gasteiger partial charge in [0.1, 0.15) is 0 Å². The maximum absolute atomic E-state index is 13.6. The number of benzene rings is 3. The Morgan fingerprint density at radius 2 is 1.68 bits per heavy atom. The molecule has 2 amide bonds. The van der Waals surface area contributed by atoms with E-state index < -0.39 is 5.66 Å². The van der Waals surface area contributed by atoms with Crippen molar-refractivity contribution in [3.05, 3.63) is 87.9 Å². The maximum Gasteiger partial charge on any atom is 0.276 e. The van der Waals surface area contributed by atoms with Crippen LogP contribution in [0.15, 0.2) is 71.2 Å². The first-order valence-corrected chi connectivity index (χ1v) is 9.70. The smallest absolute Gasteiger partial charge is 0.276 e. The minimum absolute atomic E-state index is 0.221. The average molecular weight is 434 g/mol. The molecule has 0 saturated carbocycles. The van der Waals surface area contributed by atoms with E-state index in [2.05, 4.69) is 26.6 Å². The van der Waals surface area contributed by atoms with Crippen LogP contribution in [0.1, 0.15) is 21.5 Å². The second-order valence-electron chi connectivity index (χ2n) is 7.00. The lowest BCUT2D eigenvalue weighted by molar-refractivity contribution is -0.119. The molecule has 0 aromatic heterocycles.